The van der Waals surface area contributed by atoms with Gasteiger partial charge in [0.05, 0.1) is 22.3 Å². The van der Waals surface area contributed by atoms with E-state index in [2.05, 4.69) is 53.8 Å². The van der Waals surface area contributed by atoms with Crippen molar-refractivity contribution in [2.24, 2.45) is 5.10 Å². The Morgan fingerprint density at radius 3 is 2.19 bits per heavy atom. The number of aromatic nitrogens is 1. The SMILES string of the molecule is Cc1ccc(-c2nc(N/N=C\c3ccc(OC(=O)c4ccccc4)cc3)sc2-c2ccccc2)cc1. The summed E-state index contributed by atoms with van der Waals surface area (Å²) < 4.78 is 5.43. The van der Waals surface area contributed by atoms with E-state index in [1.807, 2.05) is 36.4 Å². The van der Waals surface area contributed by atoms with Crippen LogP contribution in [0.3, 0.4) is 0 Å². The molecule has 1 N–H and O–H groups in total. The van der Waals surface area contributed by atoms with Gasteiger partial charge < -0.3 is 4.74 Å². The maximum atomic E-state index is 12.2. The summed E-state index contributed by atoms with van der Waals surface area (Å²) in [6.45, 7) is 2.07. The molecule has 5 nitrogen and oxygen atoms in total. The van der Waals surface area contributed by atoms with Gasteiger partial charge in [0.2, 0.25) is 5.13 Å². The van der Waals surface area contributed by atoms with Crippen molar-refractivity contribution in [3.05, 3.63) is 126 Å². The van der Waals surface area contributed by atoms with Gasteiger partial charge in [0.1, 0.15) is 5.75 Å². The molecular weight excluding hydrogens is 466 g/mol. The van der Waals surface area contributed by atoms with Crippen molar-refractivity contribution < 1.29 is 9.53 Å². The summed E-state index contributed by atoms with van der Waals surface area (Å²) in [6.07, 6.45) is 1.71. The average Bonchev–Trinajstić information content (AvgIpc) is 3.35. The zero-order valence-electron chi connectivity index (χ0n) is 19.6. The molecule has 0 amide bonds. The molecular formula is C30H23N3O2S. The van der Waals surface area contributed by atoms with Gasteiger partial charge in [0.25, 0.3) is 0 Å². The minimum absolute atomic E-state index is 0.388. The van der Waals surface area contributed by atoms with E-state index in [9.17, 15) is 4.79 Å². The number of esters is 1. The molecule has 0 aliphatic rings. The van der Waals surface area contributed by atoms with E-state index in [0.717, 1.165) is 27.3 Å². The van der Waals surface area contributed by atoms with Gasteiger partial charge in [-0.05, 0) is 54.4 Å². The maximum absolute atomic E-state index is 12.2. The van der Waals surface area contributed by atoms with Crippen molar-refractivity contribution in [2.75, 3.05) is 5.43 Å². The summed E-state index contributed by atoms with van der Waals surface area (Å²) in [5.41, 5.74) is 8.75. The molecule has 0 bridgehead atoms. The van der Waals surface area contributed by atoms with Crippen LogP contribution in [0.2, 0.25) is 0 Å². The zero-order chi connectivity index (χ0) is 24.7. The second kappa shape index (κ2) is 10.8. The molecule has 36 heavy (non-hydrogen) atoms. The number of hydrogen-bond acceptors (Lipinski definition) is 6. The molecule has 4 aromatic carbocycles. The lowest BCUT2D eigenvalue weighted by Crippen LogP contribution is -2.08. The first-order valence-corrected chi connectivity index (χ1v) is 12.3. The van der Waals surface area contributed by atoms with Gasteiger partial charge in [-0.2, -0.15) is 5.10 Å². The smallest absolute Gasteiger partial charge is 0.343 e. The van der Waals surface area contributed by atoms with Crippen molar-refractivity contribution in [2.45, 2.75) is 6.92 Å². The number of carbonyl (C=O) groups is 1. The third-order valence-corrected chi connectivity index (χ3v) is 6.47. The van der Waals surface area contributed by atoms with E-state index >= 15 is 0 Å². The third-order valence-electron chi connectivity index (χ3n) is 5.46. The van der Waals surface area contributed by atoms with Gasteiger partial charge in [-0.3, -0.25) is 5.43 Å². The first kappa shape index (κ1) is 23.2. The second-order valence-corrected chi connectivity index (χ2v) is 9.12. The summed E-state index contributed by atoms with van der Waals surface area (Å²) in [5.74, 6) is 0.0881. The summed E-state index contributed by atoms with van der Waals surface area (Å²) in [6, 6.07) is 34.7. The Morgan fingerprint density at radius 1 is 0.833 bits per heavy atom. The Balaban J connectivity index is 1.30. The van der Waals surface area contributed by atoms with Crippen molar-refractivity contribution in [1.82, 2.24) is 4.98 Å². The summed E-state index contributed by atoms with van der Waals surface area (Å²) in [5, 5.41) is 5.07. The van der Waals surface area contributed by atoms with Crippen molar-refractivity contribution in [1.29, 1.82) is 0 Å². The van der Waals surface area contributed by atoms with Crippen LogP contribution in [0.5, 0.6) is 5.75 Å². The number of hydrazone groups is 1. The number of anilines is 1. The maximum Gasteiger partial charge on any atom is 0.343 e. The highest BCUT2D eigenvalue weighted by atomic mass is 32.1. The van der Waals surface area contributed by atoms with Crippen LogP contribution in [0.15, 0.2) is 114 Å². The Bertz CT molecular complexity index is 1480. The van der Waals surface area contributed by atoms with Gasteiger partial charge in [-0.15, -0.1) is 0 Å². The molecule has 0 saturated carbocycles. The summed E-state index contributed by atoms with van der Waals surface area (Å²) in [4.78, 5) is 18.1. The Hall–Kier alpha value is -4.55. The molecule has 0 spiro atoms. The van der Waals surface area contributed by atoms with Crippen LogP contribution in [0.25, 0.3) is 21.7 Å². The van der Waals surface area contributed by atoms with Crippen LogP contribution < -0.4 is 10.2 Å². The highest BCUT2D eigenvalue weighted by Gasteiger charge is 2.14. The third kappa shape index (κ3) is 5.56. The number of nitrogens with zero attached hydrogens (tertiary/aromatic N) is 2. The van der Waals surface area contributed by atoms with Gasteiger partial charge in [0.15, 0.2) is 0 Å². The number of nitrogens with one attached hydrogen (secondary N) is 1. The predicted octanol–water partition coefficient (Wildman–Crippen LogP) is 7.45. The highest BCUT2D eigenvalue weighted by molar-refractivity contribution is 7.19. The first-order valence-electron chi connectivity index (χ1n) is 11.5. The van der Waals surface area contributed by atoms with Crippen LogP contribution in [-0.4, -0.2) is 17.2 Å². The largest absolute Gasteiger partial charge is 0.423 e. The number of rotatable bonds is 7. The van der Waals surface area contributed by atoms with Crippen LogP contribution in [0.4, 0.5) is 5.13 Å². The van der Waals surface area contributed by atoms with Gasteiger partial charge in [-0.25, -0.2) is 9.78 Å². The molecule has 6 heteroatoms. The zero-order valence-corrected chi connectivity index (χ0v) is 20.4. The predicted molar refractivity (Wildman–Crippen MR) is 147 cm³/mol. The molecule has 5 rings (SSSR count). The van der Waals surface area contributed by atoms with Crippen molar-refractivity contribution in [3.8, 4) is 27.4 Å². The summed E-state index contributed by atoms with van der Waals surface area (Å²) in [7, 11) is 0. The number of thiazole rings is 1. The molecule has 5 aromatic rings. The van der Waals surface area contributed by atoms with E-state index < -0.39 is 0 Å². The number of benzene rings is 4. The fraction of sp³-hybridized carbons (Fsp3) is 0.0333. The number of aryl methyl sites for hydroxylation is 1. The Morgan fingerprint density at radius 2 is 1.50 bits per heavy atom. The van der Waals surface area contributed by atoms with E-state index in [4.69, 9.17) is 9.72 Å². The molecule has 1 heterocycles. The quantitative estimate of drug-likeness (QED) is 0.112. The Labute approximate surface area is 213 Å². The van der Waals surface area contributed by atoms with Crippen molar-refractivity contribution in [3.63, 3.8) is 0 Å². The minimum Gasteiger partial charge on any atom is -0.423 e. The van der Waals surface area contributed by atoms with Gasteiger partial charge >= 0.3 is 5.97 Å². The molecule has 0 unspecified atom stereocenters. The fourth-order valence-electron chi connectivity index (χ4n) is 3.58. The molecule has 0 atom stereocenters. The van der Waals surface area contributed by atoms with Crippen LogP contribution >= 0.6 is 11.3 Å². The fourth-order valence-corrected chi connectivity index (χ4v) is 4.53. The first-order chi connectivity index (χ1) is 17.7. The standard InChI is InChI=1S/C30H23N3O2S/c1-21-12-16-23(17-13-21)27-28(24-8-4-2-5-9-24)36-30(32-27)33-31-20-22-14-18-26(19-15-22)35-29(34)25-10-6-3-7-11-25/h2-20H,1H3,(H,32,33)/b31-20-. The summed E-state index contributed by atoms with van der Waals surface area (Å²) >= 11 is 1.56. The topological polar surface area (TPSA) is 63.6 Å². The lowest BCUT2D eigenvalue weighted by atomic mass is 10.1. The number of hydrogen-bond donors (Lipinski definition) is 1. The molecule has 0 aliphatic heterocycles. The van der Waals surface area contributed by atoms with Crippen LogP contribution in [0, 0.1) is 6.92 Å². The van der Waals surface area contributed by atoms with Crippen molar-refractivity contribution >= 4 is 28.7 Å². The number of carbonyl (C=O) groups excluding carboxylic acids is 1. The molecule has 0 fully saturated rings. The lowest BCUT2D eigenvalue weighted by molar-refractivity contribution is 0.0735. The Kier molecular flexibility index (Phi) is 6.96. The van der Waals surface area contributed by atoms with E-state index in [1.54, 1.807) is 53.9 Å². The highest BCUT2D eigenvalue weighted by Crippen LogP contribution is 2.39. The van der Waals surface area contributed by atoms with E-state index in [1.165, 1.54) is 5.56 Å². The van der Waals surface area contributed by atoms with E-state index in [0.29, 0.717) is 16.4 Å². The molecule has 0 radical (unpaired) electrons. The van der Waals surface area contributed by atoms with Gasteiger partial charge in [-0.1, -0.05) is 89.7 Å². The van der Waals surface area contributed by atoms with Gasteiger partial charge in [0, 0.05) is 5.56 Å². The molecule has 176 valence electrons. The van der Waals surface area contributed by atoms with Crippen LogP contribution in [0.1, 0.15) is 21.5 Å². The minimum atomic E-state index is -0.388. The number of ether oxygens (including phenoxy) is 1. The monoisotopic (exact) mass is 489 g/mol. The molecule has 1 aromatic heterocycles. The van der Waals surface area contributed by atoms with Crippen LogP contribution in [-0.2, 0) is 0 Å². The van der Waals surface area contributed by atoms with E-state index in [-0.39, 0.29) is 5.97 Å². The molecule has 0 saturated heterocycles. The average molecular weight is 490 g/mol. The lowest BCUT2D eigenvalue weighted by Gasteiger charge is -2.04. The molecule has 0 aliphatic carbocycles. The second-order valence-electron chi connectivity index (χ2n) is 8.12. The normalized spacial score (nSPS) is 10.9.